The van der Waals surface area contributed by atoms with Crippen molar-refractivity contribution in [2.24, 2.45) is 23.7 Å². The highest BCUT2D eigenvalue weighted by Gasteiger charge is 2.70. The second-order valence-corrected chi connectivity index (χ2v) is 18.1. The predicted octanol–water partition coefficient (Wildman–Crippen LogP) is 6.30. The highest BCUT2D eigenvalue weighted by Crippen LogP contribution is 2.54. The van der Waals surface area contributed by atoms with Gasteiger partial charge in [0, 0.05) is 38.1 Å². The molecule has 4 saturated heterocycles. The van der Waals surface area contributed by atoms with Gasteiger partial charge in [0.2, 0.25) is 0 Å². The number of esters is 1. The molecule has 1 amide bonds. The van der Waals surface area contributed by atoms with Gasteiger partial charge in [0.25, 0.3) is 0 Å². The molecule has 336 valence electrons. The van der Waals surface area contributed by atoms with Gasteiger partial charge >= 0.3 is 12.1 Å². The van der Waals surface area contributed by atoms with Crippen LogP contribution in [-0.4, -0.2) is 120 Å². The molecule has 14 heteroatoms. The molecular formula is C47H65FN2O11. The number of aryl methyl sites for hydroxylation is 1. The fraction of sp³-hybridized carbons (Fsp3) is 0.660. The lowest BCUT2D eigenvalue weighted by Crippen LogP contribution is -2.66. The molecule has 13 atom stereocenters. The average Bonchev–Trinajstić information content (AvgIpc) is 3.72. The quantitative estimate of drug-likeness (QED) is 0.154. The molecule has 0 saturated carbocycles. The summed E-state index contributed by atoms with van der Waals surface area (Å²) in [4.78, 5) is 61.3. The second-order valence-electron chi connectivity index (χ2n) is 18.1. The van der Waals surface area contributed by atoms with Gasteiger partial charge in [0.1, 0.15) is 29.5 Å². The van der Waals surface area contributed by atoms with Crippen LogP contribution in [0.3, 0.4) is 0 Å². The van der Waals surface area contributed by atoms with E-state index in [1.807, 2.05) is 44.0 Å². The summed E-state index contributed by atoms with van der Waals surface area (Å²) in [5, 5.41) is 11.8. The number of carbonyl (C=O) groups excluding carboxylic acids is 4. The summed E-state index contributed by atoms with van der Waals surface area (Å²) >= 11 is 0. The molecule has 6 rings (SSSR count). The zero-order valence-corrected chi connectivity index (χ0v) is 37.4. The van der Waals surface area contributed by atoms with E-state index < -0.39 is 101 Å². The van der Waals surface area contributed by atoms with Crippen molar-refractivity contribution in [3.63, 3.8) is 0 Å². The Morgan fingerprint density at radius 2 is 1.67 bits per heavy atom. The lowest BCUT2D eigenvalue weighted by Gasteiger charge is -2.51. The maximum atomic E-state index is 14.9. The zero-order valence-electron chi connectivity index (χ0n) is 37.4. The Balaban J connectivity index is 1.34. The summed E-state index contributed by atoms with van der Waals surface area (Å²) in [6, 6.07) is 13.4. The van der Waals surface area contributed by atoms with Gasteiger partial charge in [0.05, 0.1) is 30.8 Å². The van der Waals surface area contributed by atoms with Gasteiger partial charge in [-0.1, -0.05) is 64.1 Å². The summed E-state index contributed by atoms with van der Waals surface area (Å²) in [5.74, 6) is -5.67. The van der Waals surface area contributed by atoms with Crippen LogP contribution in [0.5, 0.6) is 5.75 Å². The van der Waals surface area contributed by atoms with E-state index in [1.54, 1.807) is 44.7 Å². The van der Waals surface area contributed by atoms with E-state index in [-0.39, 0.29) is 37.3 Å². The number of aliphatic hydroxyl groups is 1. The van der Waals surface area contributed by atoms with E-state index in [9.17, 15) is 28.7 Å². The maximum Gasteiger partial charge on any atom is 0.410 e. The molecule has 0 aromatic heterocycles. The Morgan fingerprint density at radius 3 is 2.31 bits per heavy atom. The minimum atomic E-state index is -1.60. The normalized spacial score (nSPS) is 37.1. The summed E-state index contributed by atoms with van der Waals surface area (Å²) < 4.78 is 51.8. The van der Waals surface area contributed by atoms with Crippen molar-refractivity contribution < 1.29 is 57.1 Å². The first-order valence-electron chi connectivity index (χ1n) is 21.8. The Kier molecular flexibility index (Phi) is 14.1. The van der Waals surface area contributed by atoms with Gasteiger partial charge in [-0.25, -0.2) is 9.18 Å². The number of likely N-dealkylation sites (N-methyl/N-ethyl adjacent to an activating group) is 1. The van der Waals surface area contributed by atoms with Crippen molar-refractivity contribution >= 4 is 23.6 Å². The lowest BCUT2D eigenvalue weighted by molar-refractivity contribution is -0.229. The minimum Gasteiger partial charge on any atom is -0.494 e. The molecule has 2 aromatic rings. The van der Waals surface area contributed by atoms with Gasteiger partial charge in [-0.15, -0.1) is 0 Å². The maximum absolute atomic E-state index is 14.9. The number of nitrogens with zero attached hydrogens (tertiary/aromatic N) is 2. The monoisotopic (exact) mass is 852 g/mol. The van der Waals surface area contributed by atoms with Crippen molar-refractivity contribution in [3.05, 3.63) is 65.5 Å². The summed E-state index contributed by atoms with van der Waals surface area (Å²) in [7, 11) is 4.70. The molecule has 2 aromatic carbocycles. The van der Waals surface area contributed by atoms with Crippen molar-refractivity contribution in [1.82, 2.24) is 9.80 Å². The third kappa shape index (κ3) is 8.47. The van der Waals surface area contributed by atoms with Gasteiger partial charge in [-0.2, -0.15) is 0 Å². The van der Waals surface area contributed by atoms with Crippen LogP contribution in [0.2, 0.25) is 0 Å². The fourth-order valence-electron chi connectivity index (χ4n) is 10.9. The highest BCUT2D eigenvalue weighted by atomic mass is 19.1. The number of hydrogen-bond acceptors (Lipinski definition) is 12. The van der Waals surface area contributed by atoms with Crippen molar-refractivity contribution in [3.8, 4) is 5.75 Å². The number of cyclic esters (lactones) is 1. The van der Waals surface area contributed by atoms with Crippen LogP contribution >= 0.6 is 0 Å². The summed E-state index contributed by atoms with van der Waals surface area (Å²) in [6.45, 7) is 12.7. The van der Waals surface area contributed by atoms with Crippen LogP contribution in [0.4, 0.5) is 9.18 Å². The van der Waals surface area contributed by atoms with E-state index in [0.29, 0.717) is 18.5 Å². The topological polar surface area (TPSA) is 150 Å². The van der Waals surface area contributed by atoms with Crippen molar-refractivity contribution in [2.45, 2.75) is 147 Å². The molecule has 2 unspecified atom stereocenters. The number of fused-ring (bicyclic) bond motifs is 4. The number of Topliss-reactive ketones (excluding diaryl/α,β-unsaturated/α-hetero) is 2. The number of aliphatic hydroxyl groups excluding tert-OH is 1. The van der Waals surface area contributed by atoms with Gasteiger partial charge in [-0.05, 0) is 89.6 Å². The largest absolute Gasteiger partial charge is 0.494 e. The molecule has 13 nitrogen and oxygen atoms in total. The number of benzene rings is 2. The lowest BCUT2D eigenvalue weighted by atomic mass is 9.64. The van der Waals surface area contributed by atoms with Crippen LogP contribution in [0.25, 0.3) is 0 Å². The Hall–Kier alpha value is -3.95. The first-order chi connectivity index (χ1) is 28.9. The minimum absolute atomic E-state index is 0.0734. The van der Waals surface area contributed by atoms with Crippen LogP contribution in [0, 0.1) is 29.5 Å². The zero-order chi connectivity index (χ0) is 44.6. The molecule has 1 N–H and O–H groups in total. The van der Waals surface area contributed by atoms with Gasteiger partial charge < -0.3 is 38.4 Å². The molecule has 0 aliphatic carbocycles. The first-order valence-corrected chi connectivity index (χ1v) is 21.8. The number of amides is 1. The molecule has 4 aliphatic heterocycles. The van der Waals surface area contributed by atoms with E-state index in [2.05, 4.69) is 12.1 Å². The van der Waals surface area contributed by atoms with E-state index in [1.165, 1.54) is 32.8 Å². The smallest absolute Gasteiger partial charge is 0.410 e. The summed E-state index contributed by atoms with van der Waals surface area (Å²) in [6.07, 6.45) is -2.03. The number of carbonyl (C=O) groups is 4. The Labute approximate surface area is 359 Å². The number of ether oxygens (including phenoxy) is 6. The molecule has 0 radical (unpaired) electrons. The number of unbranched alkanes of at least 4 members (excludes halogenated alkanes) is 1. The van der Waals surface area contributed by atoms with Crippen LogP contribution in [-0.2, 0) is 51.0 Å². The Bertz CT molecular complexity index is 1920. The first kappa shape index (κ1) is 46.6. The molecular weight excluding hydrogens is 788 g/mol. The summed E-state index contributed by atoms with van der Waals surface area (Å²) in [5.41, 5.74) is -2.57. The third-order valence-electron chi connectivity index (χ3n) is 14.4. The Morgan fingerprint density at radius 1 is 0.967 bits per heavy atom. The molecule has 1 spiro atoms. The van der Waals surface area contributed by atoms with E-state index in [4.69, 9.17) is 28.4 Å². The third-order valence-corrected chi connectivity index (χ3v) is 14.4. The standard InChI is InChI=1S/C47H65FN2O11/c1-11-36-46(7)41(50(44(55)61-46)22-16-15-19-31-17-13-12-14-18-31)28(3)38(51)27(2)25-45(6,57-10)47(30(5)39(52)29(4)42(54)58-36)37-24-34(40(53)43(59-37)60-47)49(8)26-32-20-21-35(56-9)33(48)23-32/h12-14,17-18,20-21,23,27-30,34,36-37,40-41,43,53H,11,15-16,19,22,24-26H2,1-10H3/t27-,28+,29-,30+,34+,36?,37?,40-,41-,43+,45-,46-,47+/m1/s1. The molecule has 4 heterocycles. The van der Waals surface area contributed by atoms with Crippen LogP contribution in [0.1, 0.15) is 91.7 Å². The van der Waals surface area contributed by atoms with Gasteiger partial charge in [0.15, 0.2) is 29.2 Å². The number of rotatable bonds is 11. The average molecular weight is 853 g/mol. The molecule has 2 bridgehead atoms. The highest BCUT2D eigenvalue weighted by molar-refractivity contribution is 6.00. The van der Waals surface area contributed by atoms with Crippen molar-refractivity contribution in [1.29, 1.82) is 0 Å². The van der Waals surface area contributed by atoms with Crippen LogP contribution in [0.15, 0.2) is 48.5 Å². The predicted molar refractivity (Wildman–Crippen MR) is 223 cm³/mol. The molecule has 4 aliphatic rings. The second kappa shape index (κ2) is 18.4. The molecule has 61 heavy (non-hydrogen) atoms. The molecule has 4 fully saturated rings. The fourth-order valence-corrected chi connectivity index (χ4v) is 10.9. The van der Waals surface area contributed by atoms with Gasteiger partial charge in [-0.3, -0.25) is 19.3 Å². The van der Waals surface area contributed by atoms with Crippen molar-refractivity contribution in [2.75, 3.05) is 27.8 Å². The number of halogens is 1. The van der Waals surface area contributed by atoms with E-state index >= 15 is 0 Å². The number of ketones is 2. The van der Waals surface area contributed by atoms with Crippen LogP contribution < -0.4 is 4.74 Å². The van der Waals surface area contributed by atoms with E-state index in [0.717, 1.165) is 12.8 Å². The number of methoxy groups -OCH3 is 2. The SMILES string of the molecule is CCC1OC(=O)[C@H](C)C(=O)[C@H](C)[C@@]2(O[C@@H]3OC2C[C@H](N(C)Cc2ccc(OC)c(F)c2)[C@H]3O)[C@](C)(OC)C[C@@H](C)C(=O)[C@H](C)[C@H]2N(CCCCc3ccccc3)C(=O)O[C@]12C. The number of hydrogen-bond donors (Lipinski definition) is 1.